The molecule has 0 spiro atoms. The molecule has 0 fully saturated rings. The number of amides is 2. The van der Waals surface area contributed by atoms with Crippen LogP contribution in [0.3, 0.4) is 0 Å². The summed E-state index contributed by atoms with van der Waals surface area (Å²) in [6.07, 6.45) is 1.89. The van der Waals surface area contributed by atoms with Gasteiger partial charge in [-0.1, -0.05) is 41.4 Å². The Morgan fingerprint density at radius 1 is 1.27 bits per heavy atom. The molecular formula is C18H15Cl2N3O2S. The second-order valence-corrected chi connectivity index (χ2v) is 8.10. The minimum Gasteiger partial charge on any atom is -0.349 e. The lowest BCUT2D eigenvalue weighted by Crippen LogP contribution is -2.42. The number of para-hydroxylation sites is 1. The third-order valence-corrected chi connectivity index (χ3v) is 6.36. The number of fused-ring (bicyclic) bond motifs is 2. The number of hydrogen-bond acceptors (Lipinski definition) is 3. The van der Waals surface area contributed by atoms with E-state index in [1.165, 1.54) is 11.3 Å². The number of halogens is 2. The summed E-state index contributed by atoms with van der Waals surface area (Å²) in [7, 11) is 0. The molecule has 5 nitrogen and oxygen atoms in total. The lowest BCUT2D eigenvalue weighted by atomic mass is 10.0. The van der Waals surface area contributed by atoms with Crippen molar-refractivity contribution in [1.29, 1.82) is 0 Å². The van der Waals surface area contributed by atoms with E-state index in [9.17, 15) is 9.59 Å². The number of hydrogen-bond donors (Lipinski definition) is 2. The normalized spacial score (nSPS) is 13.7. The van der Waals surface area contributed by atoms with Gasteiger partial charge in [-0.3, -0.25) is 9.59 Å². The molecule has 0 bridgehead atoms. The second kappa shape index (κ2) is 6.95. The van der Waals surface area contributed by atoms with E-state index in [2.05, 4.69) is 10.3 Å². The van der Waals surface area contributed by atoms with E-state index in [1.807, 2.05) is 24.3 Å². The summed E-state index contributed by atoms with van der Waals surface area (Å²) in [6, 6.07) is 9.56. The summed E-state index contributed by atoms with van der Waals surface area (Å²) in [5, 5.41) is 3.09. The molecule has 1 aromatic carbocycles. The molecule has 0 saturated heterocycles. The van der Waals surface area contributed by atoms with E-state index >= 15 is 0 Å². The van der Waals surface area contributed by atoms with Crippen LogP contribution in [0.15, 0.2) is 30.3 Å². The van der Waals surface area contributed by atoms with Crippen molar-refractivity contribution in [3.05, 3.63) is 50.9 Å². The Bertz CT molecular complexity index is 1010. The first-order valence-corrected chi connectivity index (χ1v) is 9.75. The highest BCUT2D eigenvalue weighted by molar-refractivity contribution is 7.23. The number of benzene rings is 1. The number of rotatable bonds is 3. The van der Waals surface area contributed by atoms with Crippen LogP contribution in [-0.2, 0) is 11.2 Å². The second-order valence-electron chi connectivity index (χ2n) is 6.07. The molecule has 0 atom stereocenters. The van der Waals surface area contributed by atoms with Crippen LogP contribution in [0.5, 0.6) is 0 Å². The van der Waals surface area contributed by atoms with Crippen molar-refractivity contribution in [2.75, 3.05) is 18.0 Å². The SMILES string of the molecule is O=C(NCC(=O)N1CCCc2ccccc21)c1cc2sc(Cl)c(Cl)c2[nH]1. The molecule has 1 aliphatic heterocycles. The maximum Gasteiger partial charge on any atom is 0.268 e. The number of carbonyl (C=O) groups excluding carboxylic acids is 2. The summed E-state index contributed by atoms with van der Waals surface area (Å²) in [5.41, 5.74) is 3.09. The van der Waals surface area contributed by atoms with E-state index in [-0.39, 0.29) is 18.4 Å². The van der Waals surface area contributed by atoms with Crippen LogP contribution < -0.4 is 10.2 Å². The fourth-order valence-electron chi connectivity index (χ4n) is 3.18. The van der Waals surface area contributed by atoms with Crippen molar-refractivity contribution >= 4 is 62.3 Å². The average Bonchev–Trinajstić information content (AvgIpc) is 3.18. The van der Waals surface area contributed by atoms with E-state index in [4.69, 9.17) is 23.2 Å². The molecule has 3 aromatic rings. The molecule has 134 valence electrons. The zero-order valence-electron chi connectivity index (χ0n) is 13.6. The maximum absolute atomic E-state index is 12.6. The third kappa shape index (κ3) is 3.09. The number of thiophene rings is 1. The van der Waals surface area contributed by atoms with Crippen molar-refractivity contribution < 1.29 is 9.59 Å². The van der Waals surface area contributed by atoms with Crippen LogP contribution in [0, 0.1) is 0 Å². The Kier molecular flexibility index (Phi) is 4.65. The molecule has 2 N–H and O–H groups in total. The van der Waals surface area contributed by atoms with Gasteiger partial charge in [0.2, 0.25) is 5.91 Å². The van der Waals surface area contributed by atoms with Gasteiger partial charge in [0.1, 0.15) is 10.0 Å². The first-order valence-electron chi connectivity index (χ1n) is 8.17. The molecule has 2 aromatic heterocycles. The topological polar surface area (TPSA) is 65.2 Å². The number of H-pyrrole nitrogens is 1. The highest BCUT2D eigenvalue weighted by Gasteiger charge is 2.23. The first-order chi connectivity index (χ1) is 12.5. The first kappa shape index (κ1) is 17.4. The van der Waals surface area contributed by atoms with Gasteiger partial charge < -0.3 is 15.2 Å². The monoisotopic (exact) mass is 407 g/mol. The Labute approximate surface area is 163 Å². The van der Waals surface area contributed by atoms with Gasteiger partial charge in [0, 0.05) is 12.2 Å². The Hall–Kier alpha value is -2.02. The van der Waals surface area contributed by atoms with Gasteiger partial charge in [0.25, 0.3) is 5.91 Å². The number of aryl methyl sites for hydroxylation is 1. The number of aromatic amines is 1. The molecule has 3 heterocycles. The summed E-state index contributed by atoms with van der Waals surface area (Å²) >= 11 is 13.4. The van der Waals surface area contributed by atoms with Crippen LogP contribution in [-0.4, -0.2) is 29.9 Å². The number of aromatic nitrogens is 1. The van der Waals surface area contributed by atoms with Crippen molar-refractivity contribution in [3.8, 4) is 0 Å². The van der Waals surface area contributed by atoms with E-state index < -0.39 is 0 Å². The fraction of sp³-hybridized carbons (Fsp3) is 0.222. The van der Waals surface area contributed by atoms with Gasteiger partial charge in [-0.15, -0.1) is 11.3 Å². The van der Waals surface area contributed by atoms with Crippen molar-refractivity contribution in [3.63, 3.8) is 0 Å². The molecule has 1 aliphatic rings. The summed E-state index contributed by atoms with van der Waals surface area (Å²) in [5.74, 6) is -0.473. The zero-order chi connectivity index (χ0) is 18.3. The minimum atomic E-state index is -0.348. The van der Waals surface area contributed by atoms with Crippen LogP contribution in [0.25, 0.3) is 10.2 Å². The summed E-state index contributed by atoms with van der Waals surface area (Å²) < 4.78 is 1.29. The third-order valence-electron chi connectivity index (χ3n) is 4.43. The predicted octanol–water partition coefficient (Wildman–Crippen LogP) is 4.25. The number of anilines is 1. The Morgan fingerprint density at radius 2 is 2.08 bits per heavy atom. The van der Waals surface area contributed by atoms with Gasteiger partial charge in [0.05, 0.1) is 21.8 Å². The van der Waals surface area contributed by atoms with Crippen LogP contribution in [0.1, 0.15) is 22.5 Å². The zero-order valence-corrected chi connectivity index (χ0v) is 16.0. The quantitative estimate of drug-likeness (QED) is 0.681. The molecule has 8 heteroatoms. The van der Waals surface area contributed by atoms with Crippen LogP contribution >= 0.6 is 34.5 Å². The fourth-order valence-corrected chi connectivity index (χ4v) is 4.66. The number of carbonyl (C=O) groups is 2. The van der Waals surface area contributed by atoms with E-state index in [1.54, 1.807) is 11.0 Å². The summed E-state index contributed by atoms with van der Waals surface area (Å²) in [4.78, 5) is 29.6. The molecule has 4 rings (SSSR count). The standard InChI is InChI=1S/C18H15Cl2N3O2S/c19-15-16-13(26-17(15)20)8-11(22-16)18(25)21-9-14(24)23-7-3-5-10-4-1-2-6-12(10)23/h1-2,4,6,8,22H,3,5,7,9H2,(H,21,25). The highest BCUT2D eigenvalue weighted by Crippen LogP contribution is 2.38. The van der Waals surface area contributed by atoms with Gasteiger partial charge in [-0.2, -0.15) is 0 Å². The predicted molar refractivity (Wildman–Crippen MR) is 106 cm³/mol. The molecule has 0 unspecified atom stereocenters. The molecule has 0 radical (unpaired) electrons. The molecule has 0 aliphatic carbocycles. The van der Waals surface area contributed by atoms with Gasteiger partial charge in [-0.05, 0) is 30.5 Å². The Morgan fingerprint density at radius 3 is 2.88 bits per heavy atom. The largest absolute Gasteiger partial charge is 0.349 e. The van der Waals surface area contributed by atoms with Gasteiger partial charge >= 0.3 is 0 Å². The Balaban J connectivity index is 1.45. The minimum absolute atomic E-state index is 0.0612. The smallest absolute Gasteiger partial charge is 0.268 e. The van der Waals surface area contributed by atoms with Crippen molar-refractivity contribution in [2.45, 2.75) is 12.8 Å². The van der Waals surface area contributed by atoms with E-state index in [0.29, 0.717) is 27.1 Å². The molecular weight excluding hydrogens is 393 g/mol. The van der Waals surface area contributed by atoms with Crippen molar-refractivity contribution in [2.24, 2.45) is 0 Å². The van der Waals surface area contributed by atoms with Gasteiger partial charge in [0.15, 0.2) is 0 Å². The maximum atomic E-state index is 12.6. The average molecular weight is 408 g/mol. The lowest BCUT2D eigenvalue weighted by molar-refractivity contribution is -0.117. The lowest BCUT2D eigenvalue weighted by Gasteiger charge is -2.29. The van der Waals surface area contributed by atoms with Crippen LogP contribution in [0.4, 0.5) is 5.69 Å². The molecule has 26 heavy (non-hydrogen) atoms. The van der Waals surface area contributed by atoms with E-state index in [0.717, 1.165) is 28.8 Å². The number of nitrogens with one attached hydrogen (secondary N) is 2. The van der Waals surface area contributed by atoms with Crippen molar-refractivity contribution in [1.82, 2.24) is 10.3 Å². The summed E-state index contributed by atoms with van der Waals surface area (Å²) in [6.45, 7) is 0.604. The van der Waals surface area contributed by atoms with Crippen LogP contribution in [0.2, 0.25) is 9.36 Å². The number of nitrogens with zero attached hydrogens (tertiary/aromatic N) is 1. The highest BCUT2D eigenvalue weighted by atomic mass is 35.5. The molecule has 2 amide bonds. The molecule has 0 saturated carbocycles. The van der Waals surface area contributed by atoms with Gasteiger partial charge in [-0.25, -0.2) is 0 Å².